The first-order valence-electron chi connectivity index (χ1n) is 8.71. The van der Waals surface area contributed by atoms with Gasteiger partial charge in [0.25, 0.3) is 11.8 Å². The molecule has 0 unspecified atom stereocenters. The van der Waals surface area contributed by atoms with Crippen LogP contribution in [0.3, 0.4) is 0 Å². The molecule has 1 saturated heterocycles. The van der Waals surface area contributed by atoms with Crippen molar-refractivity contribution in [2.75, 3.05) is 13.1 Å². The summed E-state index contributed by atoms with van der Waals surface area (Å²) in [6.07, 6.45) is 3.22. The molecule has 1 aliphatic heterocycles. The summed E-state index contributed by atoms with van der Waals surface area (Å²) in [7, 11) is 0. The molecule has 0 radical (unpaired) electrons. The summed E-state index contributed by atoms with van der Waals surface area (Å²) in [6, 6.07) is 8.55. The summed E-state index contributed by atoms with van der Waals surface area (Å²) in [5.74, 6) is -0.824. The highest BCUT2D eigenvalue weighted by atomic mass is 16.2. The van der Waals surface area contributed by atoms with E-state index in [1.165, 1.54) is 9.80 Å². The van der Waals surface area contributed by atoms with Crippen molar-refractivity contribution in [3.8, 4) is 0 Å². The first-order chi connectivity index (χ1) is 11.5. The molecule has 0 aromatic heterocycles. The Hall–Kier alpha value is -2.17. The van der Waals surface area contributed by atoms with Crippen molar-refractivity contribution in [3.05, 3.63) is 35.9 Å². The van der Waals surface area contributed by atoms with E-state index in [0.717, 1.165) is 25.7 Å². The van der Waals surface area contributed by atoms with Gasteiger partial charge in [-0.2, -0.15) is 0 Å². The SMILES string of the molecule is CCCCN1C(=O)N(CCCC)C(=O)C(C)(c2ccccc2)C1=O. The molecular formula is C19H26N2O3. The molecule has 0 aliphatic carbocycles. The van der Waals surface area contributed by atoms with Crippen molar-refractivity contribution in [1.82, 2.24) is 9.80 Å². The number of unbranched alkanes of at least 4 members (excludes halogenated alkanes) is 2. The summed E-state index contributed by atoms with van der Waals surface area (Å²) < 4.78 is 0. The first kappa shape index (κ1) is 18.2. The molecule has 1 heterocycles. The molecule has 1 aliphatic rings. The number of nitrogens with zero attached hydrogens (tertiary/aromatic N) is 2. The van der Waals surface area contributed by atoms with Gasteiger partial charge in [0.15, 0.2) is 5.41 Å². The van der Waals surface area contributed by atoms with E-state index < -0.39 is 23.3 Å². The van der Waals surface area contributed by atoms with Gasteiger partial charge in [-0.1, -0.05) is 57.0 Å². The summed E-state index contributed by atoms with van der Waals surface area (Å²) in [6.45, 7) is 6.36. The normalized spacial score (nSPS) is 17.5. The second kappa shape index (κ2) is 7.60. The number of amides is 4. The maximum absolute atomic E-state index is 13.1. The van der Waals surface area contributed by atoms with Crippen LogP contribution in [0.1, 0.15) is 52.0 Å². The van der Waals surface area contributed by atoms with E-state index in [1.807, 2.05) is 32.0 Å². The van der Waals surface area contributed by atoms with Gasteiger partial charge in [0.2, 0.25) is 0 Å². The van der Waals surface area contributed by atoms with E-state index >= 15 is 0 Å². The summed E-state index contributed by atoms with van der Waals surface area (Å²) in [5, 5.41) is 0. The number of imide groups is 2. The van der Waals surface area contributed by atoms with Gasteiger partial charge in [-0.3, -0.25) is 19.4 Å². The average Bonchev–Trinajstić information content (AvgIpc) is 2.61. The van der Waals surface area contributed by atoms with Crippen LogP contribution >= 0.6 is 0 Å². The van der Waals surface area contributed by atoms with Crippen LogP contribution in [-0.2, 0) is 15.0 Å². The van der Waals surface area contributed by atoms with Crippen LogP contribution < -0.4 is 0 Å². The van der Waals surface area contributed by atoms with E-state index in [4.69, 9.17) is 0 Å². The van der Waals surface area contributed by atoms with Gasteiger partial charge in [0.1, 0.15) is 0 Å². The second-order valence-electron chi connectivity index (χ2n) is 6.39. The van der Waals surface area contributed by atoms with Gasteiger partial charge in [-0.05, 0) is 25.3 Å². The Bertz CT molecular complexity index is 582. The predicted octanol–water partition coefficient (Wildman–Crippen LogP) is 3.34. The van der Waals surface area contributed by atoms with Crippen LogP contribution in [0.2, 0.25) is 0 Å². The summed E-state index contributed by atoms with van der Waals surface area (Å²) in [4.78, 5) is 41.3. The Labute approximate surface area is 143 Å². The predicted molar refractivity (Wildman–Crippen MR) is 92.4 cm³/mol. The Kier molecular flexibility index (Phi) is 5.75. The van der Waals surface area contributed by atoms with Crippen molar-refractivity contribution in [2.45, 2.75) is 51.9 Å². The zero-order chi connectivity index (χ0) is 17.7. The van der Waals surface area contributed by atoms with Crippen LogP contribution in [-0.4, -0.2) is 40.7 Å². The maximum atomic E-state index is 13.1. The molecular weight excluding hydrogens is 304 g/mol. The van der Waals surface area contributed by atoms with Gasteiger partial charge in [-0.15, -0.1) is 0 Å². The van der Waals surface area contributed by atoms with Crippen LogP contribution in [0, 0.1) is 0 Å². The van der Waals surface area contributed by atoms with Gasteiger partial charge in [0.05, 0.1) is 0 Å². The Morgan fingerprint density at radius 3 is 1.71 bits per heavy atom. The van der Waals surface area contributed by atoms with Crippen LogP contribution in [0.15, 0.2) is 30.3 Å². The van der Waals surface area contributed by atoms with E-state index in [-0.39, 0.29) is 0 Å². The fourth-order valence-corrected chi connectivity index (χ4v) is 3.00. The molecule has 0 spiro atoms. The molecule has 4 amide bonds. The first-order valence-corrected chi connectivity index (χ1v) is 8.71. The van der Waals surface area contributed by atoms with E-state index in [0.29, 0.717) is 18.7 Å². The van der Waals surface area contributed by atoms with Crippen LogP contribution in [0.5, 0.6) is 0 Å². The third-order valence-electron chi connectivity index (χ3n) is 4.63. The number of benzene rings is 1. The molecule has 2 rings (SSSR count). The summed E-state index contributed by atoms with van der Waals surface area (Å²) in [5.41, 5.74) is -0.702. The zero-order valence-electron chi connectivity index (χ0n) is 14.7. The standard InChI is InChI=1S/C19H26N2O3/c1-4-6-13-20-16(22)19(3,15-11-9-8-10-12-15)17(23)21(18(20)24)14-7-5-2/h8-12H,4-7,13-14H2,1-3H3. The molecule has 130 valence electrons. The van der Waals surface area contributed by atoms with Crippen molar-refractivity contribution in [3.63, 3.8) is 0 Å². The lowest BCUT2D eigenvalue weighted by molar-refractivity contribution is -0.151. The molecule has 0 atom stereocenters. The van der Waals surface area contributed by atoms with Crippen molar-refractivity contribution < 1.29 is 14.4 Å². The van der Waals surface area contributed by atoms with Crippen molar-refractivity contribution >= 4 is 17.8 Å². The topological polar surface area (TPSA) is 57.7 Å². The van der Waals surface area contributed by atoms with E-state index in [2.05, 4.69) is 0 Å². The molecule has 1 aromatic carbocycles. The quantitative estimate of drug-likeness (QED) is 0.721. The van der Waals surface area contributed by atoms with Crippen molar-refractivity contribution in [2.24, 2.45) is 0 Å². The molecule has 0 N–H and O–H groups in total. The second-order valence-corrected chi connectivity index (χ2v) is 6.39. The average molecular weight is 330 g/mol. The Morgan fingerprint density at radius 2 is 1.29 bits per heavy atom. The zero-order valence-corrected chi connectivity index (χ0v) is 14.7. The highest BCUT2D eigenvalue weighted by Crippen LogP contribution is 2.33. The third kappa shape index (κ3) is 3.07. The Balaban J connectivity index is 2.46. The highest BCUT2D eigenvalue weighted by molar-refractivity contribution is 6.22. The monoisotopic (exact) mass is 330 g/mol. The lowest BCUT2D eigenvalue weighted by atomic mass is 9.78. The molecule has 0 bridgehead atoms. The van der Waals surface area contributed by atoms with Gasteiger partial charge in [0, 0.05) is 13.1 Å². The molecule has 0 saturated carbocycles. The molecule has 5 heteroatoms. The third-order valence-corrected chi connectivity index (χ3v) is 4.63. The fraction of sp³-hybridized carbons (Fsp3) is 0.526. The number of carbonyl (C=O) groups is 3. The van der Waals surface area contributed by atoms with Gasteiger partial charge < -0.3 is 0 Å². The molecule has 5 nitrogen and oxygen atoms in total. The van der Waals surface area contributed by atoms with Crippen molar-refractivity contribution in [1.29, 1.82) is 0 Å². The lowest BCUT2D eigenvalue weighted by Gasteiger charge is -2.42. The smallest absolute Gasteiger partial charge is 0.273 e. The van der Waals surface area contributed by atoms with E-state index in [1.54, 1.807) is 19.1 Å². The minimum Gasteiger partial charge on any atom is -0.273 e. The molecule has 24 heavy (non-hydrogen) atoms. The number of carbonyl (C=O) groups excluding carboxylic acids is 3. The Morgan fingerprint density at radius 1 is 0.833 bits per heavy atom. The maximum Gasteiger partial charge on any atom is 0.333 e. The molecule has 1 fully saturated rings. The molecule has 1 aromatic rings. The van der Waals surface area contributed by atoms with Gasteiger partial charge in [-0.25, -0.2) is 4.79 Å². The van der Waals surface area contributed by atoms with E-state index in [9.17, 15) is 14.4 Å². The number of hydrogen-bond donors (Lipinski definition) is 0. The minimum atomic E-state index is -1.34. The fourth-order valence-electron chi connectivity index (χ4n) is 3.00. The summed E-state index contributed by atoms with van der Waals surface area (Å²) >= 11 is 0. The highest BCUT2D eigenvalue weighted by Gasteiger charge is 2.54. The number of urea groups is 1. The minimum absolute atomic E-state index is 0.354. The number of hydrogen-bond acceptors (Lipinski definition) is 3. The van der Waals surface area contributed by atoms with Crippen LogP contribution in [0.25, 0.3) is 0 Å². The number of rotatable bonds is 7. The van der Waals surface area contributed by atoms with Crippen LogP contribution in [0.4, 0.5) is 4.79 Å². The number of barbiturate groups is 1. The lowest BCUT2D eigenvalue weighted by Crippen LogP contribution is -2.66. The van der Waals surface area contributed by atoms with Gasteiger partial charge >= 0.3 is 6.03 Å². The largest absolute Gasteiger partial charge is 0.333 e.